The van der Waals surface area contributed by atoms with Gasteiger partial charge in [-0.3, -0.25) is 14.7 Å². The van der Waals surface area contributed by atoms with Crippen molar-refractivity contribution < 1.29 is 18.8 Å². The number of benzene rings is 1. The van der Waals surface area contributed by atoms with Crippen molar-refractivity contribution in [1.29, 1.82) is 0 Å². The molecule has 198 valence electrons. The number of aromatic amines is 1. The Morgan fingerprint density at radius 1 is 1.14 bits per heavy atom. The molecule has 1 fully saturated rings. The number of aromatic nitrogens is 2. The summed E-state index contributed by atoms with van der Waals surface area (Å²) in [6.07, 6.45) is 4.66. The molecular formula is C28H37N3O4SSi. The SMILES string of the molecule is CC(C)(C)OC(=O)N1C(C(=O)c2c[nH]c3cc(O[Si](C)(C)C(C)(C)C)ccc23)CSC1c1cccnc1. The van der Waals surface area contributed by atoms with Crippen molar-refractivity contribution in [2.45, 2.75) is 76.7 Å². The first-order valence-electron chi connectivity index (χ1n) is 12.6. The third-order valence-electron chi connectivity index (χ3n) is 6.97. The molecule has 2 atom stereocenters. The molecule has 1 aromatic carbocycles. The van der Waals surface area contributed by atoms with Crippen LogP contribution in [0.5, 0.6) is 5.75 Å². The molecule has 9 heteroatoms. The summed E-state index contributed by atoms with van der Waals surface area (Å²) in [6.45, 7) is 16.5. The lowest BCUT2D eigenvalue weighted by Crippen LogP contribution is -2.45. The summed E-state index contributed by atoms with van der Waals surface area (Å²) >= 11 is 1.55. The Kier molecular flexibility index (Phi) is 7.24. The van der Waals surface area contributed by atoms with Gasteiger partial charge in [0.15, 0.2) is 5.78 Å². The molecule has 0 radical (unpaired) electrons. The van der Waals surface area contributed by atoms with Gasteiger partial charge in [0, 0.05) is 52.4 Å². The van der Waals surface area contributed by atoms with E-state index < -0.39 is 26.1 Å². The molecule has 0 bridgehead atoms. The number of hydrogen-bond acceptors (Lipinski definition) is 6. The molecule has 2 aromatic heterocycles. The fourth-order valence-corrected chi connectivity index (χ4v) is 6.45. The molecule has 4 rings (SSSR count). The molecule has 1 N–H and O–H groups in total. The number of amides is 1. The van der Waals surface area contributed by atoms with Gasteiger partial charge in [0.25, 0.3) is 0 Å². The van der Waals surface area contributed by atoms with Crippen LogP contribution in [-0.2, 0) is 4.74 Å². The molecule has 0 aliphatic carbocycles. The van der Waals surface area contributed by atoms with Crippen LogP contribution in [0, 0.1) is 0 Å². The summed E-state index contributed by atoms with van der Waals surface area (Å²) in [5.74, 6) is 1.15. The summed E-state index contributed by atoms with van der Waals surface area (Å²) in [4.78, 5) is 36.3. The molecule has 37 heavy (non-hydrogen) atoms. The number of fused-ring (bicyclic) bond motifs is 1. The normalized spacial score (nSPS) is 18.8. The molecular weight excluding hydrogens is 502 g/mol. The van der Waals surface area contributed by atoms with Gasteiger partial charge in [-0.1, -0.05) is 26.8 Å². The van der Waals surface area contributed by atoms with Gasteiger partial charge in [0.05, 0.1) is 0 Å². The van der Waals surface area contributed by atoms with E-state index in [4.69, 9.17) is 9.16 Å². The standard InChI is InChI=1S/C28H37N3O4SSi/c1-27(2,3)34-26(33)31-23(17-36-25(31)18-10-9-13-29-15-18)24(32)21-16-30-22-14-19(11-12-20(21)22)35-37(7,8)28(4,5)6/h9-16,23,25,30H,17H2,1-8H3. The molecule has 1 amide bonds. The fourth-order valence-electron chi connectivity index (χ4n) is 4.02. The highest BCUT2D eigenvalue weighted by atomic mass is 32.2. The molecule has 0 spiro atoms. The van der Waals surface area contributed by atoms with Crippen molar-refractivity contribution in [1.82, 2.24) is 14.9 Å². The molecule has 1 aliphatic heterocycles. The molecule has 1 aliphatic rings. The van der Waals surface area contributed by atoms with Crippen molar-refractivity contribution in [3.63, 3.8) is 0 Å². The van der Waals surface area contributed by atoms with Gasteiger partial charge in [-0.05, 0) is 57.1 Å². The van der Waals surface area contributed by atoms with Gasteiger partial charge < -0.3 is 14.1 Å². The van der Waals surface area contributed by atoms with Crippen LogP contribution in [0.4, 0.5) is 4.79 Å². The molecule has 7 nitrogen and oxygen atoms in total. The number of rotatable bonds is 5. The van der Waals surface area contributed by atoms with Crippen LogP contribution in [0.15, 0.2) is 48.9 Å². The summed E-state index contributed by atoms with van der Waals surface area (Å²) in [5.41, 5.74) is 1.57. The number of thioether (sulfide) groups is 1. The predicted molar refractivity (Wildman–Crippen MR) is 152 cm³/mol. The number of pyridine rings is 1. The maximum atomic E-state index is 13.9. The predicted octanol–water partition coefficient (Wildman–Crippen LogP) is 7.18. The van der Waals surface area contributed by atoms with Crippen molar-refractivity contribution in [3.8, 4) is 5.75 Å². The minimum atomic E-state index is -2.00. The zero-order chi connectivity index (χ0) is 27.2. The van der Waals surface area contributed by atoms with Crippen molar-refractivity contribution in [3.05, 3.63) is 60.0 Å². The van der Waals surface area contributed by atoms with Crippen LogP contribution in [-0.4, -0.2) is 52.5 Å². The zero-order valence-corrected chi connectivity index (χ0v) is 24.7. The Balaban J connectivity index is 1.65. The Labute approximate surface area is 224 Å². The van der Waals surface area contributed by atoms with Gasteiger partial charge in [-0.15, -0.1) is 11.8 Å². The number of Topliss-reactive ketones (excluding diaryl/α,β-unsaturated/α-hetero) is 1. The number of nitrogens with zero attached hydrogens (tertiary/aromatic N) is 2. The van der Waals surface area contributed by atoms with E-state index in [2.05, 4.69) is 43.8 Å². The van der Waals surface area contributed by atoms with Crippen LogP contribution in [0.1, 0.15) is 62.8 Å². The second kappa shape index (κ2) is 9.83. The first-order valence-corrected chi connectivity index (χ1v) is 16.5. The fraction of sp³-hybridized carbons (Fsp3) is 0.464. The second-order valence-corrected chi connectivity index (χ2v) is 17.8. The van der Waals surface area contributed by atoms with E-state index in [1.54, 1.807) is 35.3 Å². The molecule has 3 aromatic rings. The van der Waals surface area contributed by atoms with Gasteiger partial charge in [0.2, 0.25) is 8.32 Å². The summed E-state index contributed by atoms with van der Waals surface area (Å²) in [7, 11) is -2.00. The molecule has 3 heterocycles. The van der Waals surface area contributed by atoms with Crippen molar-refractivity contribution in [2.24, 2.45) is 0 Å². The largest absolute Gasteiger partial charge is 0.543 e. The highest BCUT2D eigenvalue weighted by molar-refractivity contribution is 7.99. The lowest BCUT2D eigenvalue weighted by Gasteiger charge is -2.36. The molecule has 0 saturated carbocycles. The second-order valence-electron chi connectivity index (χ2n) is 12.0. The van der Waals surface area contributed by atoms with Crippen LogP contribution in [0.3, 0.4) is 0 Å². The van der Waals surface area contributed by atoms with E-state index in [-0.39, 0.29) is 16.2 Å². The average Bonchev–Trinajstić information content (AvgIpc) is 3.41. The first kappa shape index (κ1) is 27.3. The van der Waals surface area contributed by atoms with E-state index in [1.165, 1.54) is 0 Å². The van der Waals surface area contributed by atoms with Gasteiger partial charge in [0.1, 0.15) is 22.8 Å². The maximum absolute atomic E-state index is 13.9. The number of H-pyrrole nitrogens is 1. The minimum Gasteiger partial charge on any atom is -0.543 e. The maximum Gasteiger partial charge on any atom is 0.412 e. The summed E-state index contributed by atoms with van der Waals surface area (Å²) in [6, 6.07) is 8.92. The first-order chi connectivity index (χ1) is 17.2. The molecule has 1 saturated heterocycles. The van der Waals surface area contributed by atoms with Gasteiger partial charge in [-0.2, -0.15) is 0 Å². The smallest absolute Gasteiger partial charge is 0.412 e. The Hall–Kier alpha value is -2.78. The van der Waals surface area contributed by atoms with Gasteiger partial charge in [-0.25, -0.2) is 4.79 Å². The number of hydrogen-bond donors (Lipinski definition) is 1. The van der Waals surface area contributed by atoms with Crippen molar-refractivity contribution in [2.75, 3.05) is 5.75 Å². The van der Waals surface area contributed by atoms with Crippen LogP contribution >= 0.6 is 11.8 Å². The number of ketones is 1. The Morgan fingerprint density at radius 2 is 1.86 bits per heavy atom. The monoisotopic (exact) mass is 539 g/mol. The lowest BCUT2D eigenvalue weighted by atomic mass is 10.0. The molecule has 2 unspecified atom stereocenters. The van der Waals surface area contributed by atoms with E-state index in [9.17, 15) is 9.59 Å². The third kappa shape index (κ3) is 5.72. The van der Waals surface area contributed by atoms with E-state index in [0.29, 0.717) is 11.3 Å². The van der Waals surface area contributed by atoms with E-state index in [0.717, 1.165) is 22.2 Å². The van der Waals surface area contributed by atoms with Crippen molar-refractivity contribution >= 4 is 42.9 Å². The number of carbonyl (C=O) groups is 2. The van der Waals surface area contributed by atoms with Gasteiger partial charge >= 0.3 is 6.09 Å². The number of carbonyl (C=O) groups excluding carboxylic acids is 2. The van der Waals surface area contributed by atoms with E-state index in [1.807, 2.05) is 51.1 Å². The minimum absolute atomic E-state index is 0.0783. The quantitative estimate of drug-likeness (QED) is 0.273. The Bertz CT molecular complexity index is 1290. The average molecular weight is 540 g/mol. The summed E-state index contributed by atoms with van der Waals surface area (Å²) in [5, 5.41) is 0.536. The highest BCUT2D eigenvalue weighted by Crippen LogP contribution is 2.43. The summed E-state index contributed by atoms with van der Waals surface area (Å²) < 4.78 is 12.2. The Morgan fingerprint density at radius 3 is 2.49 bits per heavy atom. The zero-order valence-electron chi connectivity index (χ0n) is 22.9. The van der Waals surface area contributed by atoms with Crippen LogP contribution in [0.2, 0.25) is 18.1 Å². The topological polar surface area (TPSA) is 84.5 Å². The van der Waals surface area contributed by atoms with Crippen LogP contribution in [0.25, 0.3) is 10.9 Å². The third-order valence-corrected chi connectivity index (χ3v) is 12.7. The van der Waals surface area contributed by atoms with Crippen LogP contribution < -0.4 is 4.43 Å². The van der Waals surface area contributed by atoms with E-state index >= 15 is 0 Å². The number of nitrogens with one attached hydrogen (secondary N) is 1. The highest BCUT2D eigenvalue weighted by Gasteiger charge is 2.45. The number of ether oxygens (including phenoxy) is 1. The lowest BCUT2D eigenvalue weighted by molar-refractivity contribution is 0.0173.